The van der Waals surface area contributed by atoms with E-state index in [0.29, 0.717) is 6.04 Å². The van der Waals surface area contributed by atoms with Crippen molar-refractivity contribution in [2.24, 2.45) is 7.05 Å². The smallest absolute Gasteiger partial charge is 0.126 e. The van der Waals surface area contributed by atoms with Crippen molar-refractivity contribution >= 4 is 0 Å². The molecule has 0 saturated carbocycles. The van der Waals surface area contributed by atoms with Gasteiger partial charge in [-0.15, -0.1) is 0 Å². The third kappa shape index (κ3) is 2.30. The molecule has 19 heavy (non-hydrogen) atoms. The van der Waals surface area contributed by atoms with Crippen LogP contribution in [0, 0.1) is 0 Å². The maximum atomic E-state index is 4.62. The number of aryl methyl sites for hydroxylation is 1. The van der Waals surface area contributed by atoms with Crippen LogP contribution in [0.3, 0.4) is 0 Å². The Labute approximate surface area is 114 Å². The van der Waals surface area contributed by atoms with Gasteiger partial charge >= 0.3 is 0 Å². The fourth-order valence-corrected chi connectivity index (χ4v) is 2.83. The van der Waals surface area contributed by atoms with Crippen molar-refractivity contribution < 1.29 is 0 Å². The summed E-state index contributed by atoms with van der Waals surface area (Å²) in [5.41, 5.74) is 3.83. The maximum absolute atomic E-state index is 4.62. The number of benzene rings is 1. The first-order chi connectivity index (χ1) is 9.29. The average molecular weight is 255 g/mol. The highest BCUT2D eigenvalue weighted by Crippen LogP contribution is 2.26. The van der Waals surface area contributed by atoms with Crippen molar-refractivity contribution in [2.45, 2.75) is 32.2 Å². The Morgan fingerprint density at radius 3 is 2.74 bits per heavy atom. The first-order valence-electron chi connectivity index (χ1n) is 7.14. The Bertz CT molecular complexity index is 548. The molecule has 1 aliphatic heterocycles. The fourth-order valence-electron chi connectivity index (χ4n) is 2.83. The molecule has 1 atom stereocenters. The molecule has 2 heterocycles. The predicted molar refractivity (Wildman–Crippen MR) is 78.0 cm³/mol. The van der Waals surface area contributed by atoms with Crippen LogP contribution >= 0.6 is 0 Å². The molecular weight excluding hydrogens is 234 g/mol. The van der Waals surface area contributed by atoms with Crippen LogP contribution in [0.4, 0.5) is 0 Å². The van der Waals surface area contributed by atoms with Gasteiger partial charge in [0.25, 0.3) is 0 Å². The summed E-state index contributed by atoms with van der Waals surface area (Å²) >= 11 is 0. The average Bonchev–Trinajstić information content (AvgIpc) is 3.08. The van der Waals surface area contributed by atoms with Gasteiger partial charge in [-0.25, -0.2) is 4.98 Å². The highest BCUT2D eigenvalue weighted by molar-refractivity contribution is 5.59. The Kier molecular flexibility index (Phi) is 3.38. The molecule has 100 valence electrons. The van der Waals surface area contributed by atoms with E-state index in [1.54, 1.807) is 0 Å². The van der Waals surface area contributed by atoms with E-state index in [0.717, 1.165) is 18.8 Å². The van der Waals surface area contributed by atoms with E-state index in [1.165, 1.54) is 29.7 Å². The largest absolute Gasteiger partial charge is 0.330 e. The normalized spacial score (nSPS) is 18.9. The summed E-state index contributed by atoms with van der Waals surface area (Å²) in [5.74, 6) is 1.16. The number of hydrogen-bond acceptors (Lipinski definition) is 2. The van der Waals surface area contributed by atoms with Gasteiger partial charge < -0.3 is 9.88 Å². The molecular formula is C16H21N3. The van der Waals surface area contributed by atoms with E-state index in [-0.39, 0.29) is 0 Å². The fraction of sp³-hybridized carbons (Fsp3) is 0.438. The summed E-state index contributed by atoms with van der Waals surface area (Å²) in [6.07, 6.45) is 5.52. The number of imidazole rings is 1. The highest BCUT2D eigenvalue weighted by Gasteiger charge is 2.21. The lowest BCUT2D eigenvalue weighted by Crippen LogP contribution is -2.17. The molecule has 0 aliphatic carbocycles. The van der Waals surface area contributed by atoms with Gasteiger partial charge in [-0.1, -0.05) is 31.2 Å². The Morgan fingerprint density at radius 2 is 2.11 bits per heavy atom. The van der Waals surface area contributed by atoms with Crippen molar-refractivity contribution in [2.75, 3.05) is 6.54 Å². The molecule has 0 bridgehead atoms. The third-order valence-electron chi connectivity index (χ3n) is 4.05. The summed E-state index contributed by atoms with van der Waals surface area (Å²) in [4.78, 5) is 4.62. The summed E-state index contributed by atoms with van der Waals surface area (Å²) in [7, 11) is 2.12. The Morgan fingerprint density at radius 1 is 1.32 bits per heavy atom. The van der Waals surface area contributed by atoms with Crippen molar-refractivity contribution in [1.29, 1.82) is 0 Å². The summed E-state index contributed by atoms with van der Waals surface area (Å²) in [6.45, 7) is 3.29. The summed E-state index contributed by atoms with van der Waals surface area (Å²) in [5, 5.41) is 3.51. The van der Waals surface area contributed by atoms with Crippen molar-refractivity contribution in [3.63, 3.8) is 0 Å². The van der Waals surface area contributed by atoms with E-state index >= 15 is 0 Å². The molecule has 1 aromatic heterocycles. The number of nitrogens with one attached hydrogen (secondary N) is 1. The van der Waals surface area contributed by atoms with Crippen LogP contribution < -0.4 is 5.32 Å². The van der Waals surface area contributed by atoms with Gasteiger partial charge in [0, 0.05) is 7.05 Å². The van der Waals surface area contributed by atoms with E-state index in [1.807, 2.05) is 6.20 Å². The molecule has 1 aromatic carbocycles. The Balaban J connectivity index is 1.92. The van der Waals surface area contributed by atoms with Gasteiger partial charge in [0.2, 0.25) is 0 Å². The third-order valence-corrected chi connectivity index (χ3v) is 4.05. The van der Waals surface area contributed by atoms with E-state index in [9.17, 15) is 0 Å². The molecule has 1 fully saturated rings. The first-order valence-corrected chi connectivity index (χ1v) is 7.14. The van der Waals surface area contributed by atoms with Gasteiger partial charge in [0.05, 0.1) is 17.9 Å². The zero-order valence-electron chi connectivity index (χ0n) is 11.7. The number of hydrogen-bond donors (Lipinski definition) is 1. The van der Waals surface area contributed by atoms with Gasteiger partial charge in [-0.2, -0.15) is 0 Å². The zero-order valence-corrected chi connectivity index (χ0v) is 11.7. The SMILES string of the molecule is CCc1ccc(-c2cnc(C3CCCN3)n2C)cc1. The quantitative estimate of drug-likeness (QED) is 0.913. The zero-order chi connectivity index (χ0) is 13.2. The van der Waals surface area contributed by atoms with Gasteiger partial charge in [0.1, 0.15) is 5.82 Å². The lowest BCUT2D eigenvalue weighted by Gasteiger charge is -2.12. The van der Waals surface area contributed by atoms with E-state index in [4.69, 9.17) is 0 Å². The van der Waals surface area contributed by atoms with Crippen molar-refractivity contribution in [1.82, 2.24) is 14.9 Å². The first kappa shape index (κ1) is 12.4. The minimum atomic E-state index is 0.425. The van der Waals surface area contributed by atoms with Crippen molar-refractivity contribution in [3.05, 3.63) is 41.9 Å². The molecule has 1 N–H and O–H groups in total. The molecule has 3 rings (SSSR count). The second kappa shape index (κ2) is 5.17. The second-order valence-corrected chi connectivity index (χ2v) is 5.26. The Hall–Kier alpha value is -1.61. The minimum Gasteiger partial charge on any atom is -0.330 e. The van der Waals surface area contributed by atoms with Crippen molar-refractivity contribution in [3.8, 4) is 11.3 Å². The van der Waals surface area contributed by atoms with Crippen LogP contribution in [-0.2, 0) is 13.5 Å². The van der Waals surface area contributed by atoms with Crippen LogP contribution in [0.25, 0.3) is 11.3 Å². The second-order valence-electron chi connectivity index (χ2n) is 5.26. The monoisotopic (exact) mass is 255 g/mol. The van der Waals surface area contributed by atoms with Gasteiger partial charge in [0.15, 0.2) is 0 Å². The lowest BCUT2D eigenvalue weighted by molar-refractivity contribution is 0.581. The van der Waals surface area contributed by atoms with Crippen LogP contribution in [-0.4, -0.2) is 16.1 Å². The summed E-state index contributed by atoms with van der Waals surface area (Å²) in [6, 6.07) is 9.23. The predicted octanol–water partition coefficient (Wildman–Crippen LogP) is 3.07. The van der Waals surface area contributed by atoms with Crippen LogP contribution in [0.1, 0.15) is 37.2 Å². The number of rotatable bonds is 3. The van der Waals surface area contributed by atoms with Crippen LogP contribution in [0.5, 0.6) is 0 Å². The molecule has 3 nitrogen and oxygen atoms in total. The standard InChI is InChI=1S/C16H21N3/c1-3-12-6-8-13(9-7-12)15-11-18-16(19(15)2)14-5-4-10-17-14/h6-9,11,14,17H,3-5,10H2,1-2H3. The minimum absolute atomic E-state index is 0.425. The van der Waals surface area contributed by atoms with Gasteiger partial charge in [-0.3, -0.25) is 0 Å². The van der Waals surface area contributed by atoms with Gasteiger partial charge in [-0.05, 0) is 36.9 Å². The maximum Gasteiger partial charge on any atom is 0.126 e. The highest BCUT2D eigenvalue weighted by atomic mass is 15.1. The molecule has 1 aliphatic rings. The molecule has 0 radical (unpaired) electrons. The topological polar surface area (TPSA) is 29.9 Å². The van der Waals surface area contributed by atoms with Crippen LogP contribution in [0.15, 0.2) is 30.5 Å². The molecule has 3 heteroatoms. The number of nitrogens with zero attached hydrogens (tertiary/aromatic N) is 2. The lowest BCUT2D eigenvalue weighted by atomic mass is 10.1. The molecule has 0 amide bonds. The molecule has 1 saturated heterocycles. The van der Waals surface area contributed by atoms with E-state index < -0.39 is 0 Å². The molecule has 1 unspecified atom stereocenters. The molecule has 2 aromatic rings. The summed E-state index contributed by atoms with van der Waals surface area (Å²) < 4.78 is 2.23. The van der Waals surface area contributed by atoms with Crippen LogP contribution in [0.2, 0.25) is 0 Å². The number of aromatic nitrogens is 2. The van der Waals surface area contributed by atoms with E-state index in [2.05, 4.69) is 53.1 Å². The molecule has 0 spiro atoms.